The molecule has 0 aliphatic heterocycles. The summed E-state index contributed by atoms with van der Waals surface area (Å²) in [6, 6.07) is 16.0. The molecule has 2 heterocycles. The van der Waals surface area contributed by atoms with E-state index in [9.17, 15) is 0 Å². The van der Waals surface area contributed by atoms with Crippen LogP contribution in [0.3, 0.4) is 0 Å². The Morgan fingerprint density at radius 2 is 1.70 bits per heavy atom. The van der Waals surface area contributed by atoms with Gasteiger partial charge in [0.05, 0.1) is 6.20 Å². The molecule has 0 spiro atoms. The van der Waals surface area contributed by atoms with Crippen molar-refractivity contribution in [1.29, 1.82) is 0 Å². The Labute approximate surface area is 123 Å². The summed E-state index contributed by atoms with van der Waals surface area (Å²) in [6.07, 6.45) is 1.84. The molecule has 0 aliphatic rings. The number of benzene rings is 2. The summed E-state index contributed by atoms with van der Waals surface area (Å²) in [5.41, 5.74) is 1.77. The lowest BCUT2D eigenvalue weighted by atomic mass is 10.2. The van der Waals surface area contributed by atoms with Gasteiger partial charge in [0.2, 0.25) is 0 Å². The summed E-state index contributed by atoms with van der Waals surface area (Å²) in [6.45, 7) is 0. The lowest BCUT2D eigenvalue weighted by molar-refractivity contribution is 0.946. The van der Waals surface area contributed by atoms with E-state index >= 15 is 0 Å². The maximum Gasteiger partial charge on any atom is 0.186 e. The molecule has 0 saturated carbocycles. The van der Waals surface area contributed by atoms with Crippen LogP contribution >= 0.6 is 15.9 Å². The smallest absolute Gasteiger partial charge is 0.186 e. The van der Waals surface area contributed by atoms with Gasteiger partial charge in [-0.05, 0) is 12.1 Å². The van der Waals surface area contributed by atoms with Gasteiger partial charge in [-0.3, -0.25) is 0 Å². The first-order chi connectivity index (χ1) is 9.83. The second kappa shape index (κ2) is 4.38. The Bertz CT molecular complexity index is 912. The van der Waals surface area contributed by atoms with E-state index in [0.29, 0.717) is 0 Å². The van der Waals surface area contributed by atoms with Gasteiger partial charge in [-0.25, -0.2) is 0 Å². The zero-order valence-corrected chi connectivity index (χ0v) is 11.9. The summed E-state index contributed by atoms with van der Waals surface area (Å²) in [5, 5.41) is 15.1. The van der Waals surface area contributed by atoms with Gasteiger partial charge < -0.3 is 0 Å². The fraction of sp³-hybridized carbons (Fsp3) is 0. The van der Waals surface area contributed by atoms with Gasteiger partial charge in [0.1, 0.15) is 0 Å². The molecular formula is C15H9BrN4. The van der Waals surface area contributed by atoms with Crippen LogP contribution in [0.4, 0.5) is 0 Å². The summed E-state index contributed by atoms with van der Waals surface area (Å²) in [5.74, 6) is 0.748. The summed E-state index contributed by atoms with van der Waals surface area (Å²) in [4.78, 5) is 0. The molecule has 0 atom stereocenters. The van der Waals surface area contributed by atoms with Crippen molar-refractivity contribution in [2.75, 3.05) is 0 Å². The molecule has 2 aromatic heterocycles. The molecule has 5 heteroatoms. The molecule has 0 N–H and O–H groups in total. The average Bonchev–Trinajstić information content (AvgIpc) is 2.92. The number of hydrogen-bond acceptors (Lipinski definition) is 3. The highest BCUT2D eigenvalue weighted by atomic mass is 79.9. The number of rotatable bonds is 1. The van der Waals surface area contributed by atoms with Gasteiger partial charge in [0.15, 0.2) is 11.5 Å². The molecule has 0 amide bonds. The summed E-state index contributed by atoms with van der Waals surface area (Å²) >= 11 is 3.43. The van der Waals surface area contributed by atoms with Gasteiger partial charge in [-0.1, -0.05) is 52.3 Å². The summed E-state index contributed by atoms with van der Waals surface area (Å²) < 4.78 is 2.82. The van der Waals surface area contributed by atoms with Crippen molar-refractivity contribution in [3.05, 3.63) is 59.2 Å². The molecule has 0 aliphatic carbocycles. The van der Waals surface area contributed by atoms with Gasteiger partial charge >= 0.3 is 0 Å². The van der Waals surface area contributed by atoms with Crippen LogP contribution in [0.15, 0.2) is 59.2 Å². The molecule has 0 unspecified atom stereocenters. The Morgan fingerprint density at radius 1 is 0.900 bits per heavy atom. The van der Waals surface area contributed by atoms with Gasteiger partial charge in [0, 0.05) is 20.8 Å². The van der Waals surface area contributed by atoms with Crippen LogP contribution in [0.2, 0.25) is 0 Å². The SMILES string of the molecule is Brc1ccc(-c2nnc3c4ccccc4cnn23)cc1. The number of fused-ring (bicyclic) bond motifs is 3. The number of nitrogens with zero attached hydrogens (tertiary/aromatic N) is 4. The highest BCUT2D eigenvalue weighted by molar-refractivity contribution is 9.10. The van der Waals surface area contributed by atoms with E-state index in [1.807, 2.05) is 54.7 Å². The normalized spacial score (nSPS) is 11.2. The minimum Gasteiger partial charge on any atom is -0.192 e. The van der Waals surface area contributed by atoms with Crippen LogP contribution in [0.25, 0.3) is 27.8 Å². The average molecular weight is 325 g/mol. The largest absolute Gasteiger partial charge is 0.192 e. The number of halogens is 1. The molecule has 0 fully saturated rings. The van der Waals surface area contributed by atoms with Gasteiger partial charge in [-0.2, -0.15) is 9.61 Å². The first kappa shape index (κ1) is 11.5. The van der Waals surface area contributed by atoms with Crippen LogP contribution in [-0.4, -0.2) is 19.8 Å². The number of hydrogen-bond donors (Lipinski definition) is 0. The molecule has 0 bridgehead atoms. The zero-order valence-electron chi connectivity index (χ0n) is 10.4. The van der Waals surface area contributed by atoms with Crippen molar-refractivity contribution >= 4 is 32.3 Å². The molecule has 0 saturated heterocycles. The summed E-state index contributed by atoms with van der Waals surface area (Å²) in [7, 11) is 0. The van der Waals surface area contributed by atoms with E-state index in [1.54, 1.807) is 4.52 Å². The molecule has 20 heavy (non-hydrogen) atoms. The van der Waals surface area contributed by atoms with E-state index in [0.717, 1.165) is 32.3 Å². The van der Waals surface area contributed by atoms with Crippen LogP contribution < -0.4 is 0 Å². The Balaban J connectivity index is 2.02. The standard InChI is InChI=1S/C15H9BrN4/c16-12-7-5-10(6-8-12)14-18-19-15-13-4-2-1-3-11(13)9-17-20(14)15/h1-9H. The van der Waals surface area contributed by atoms with Crippen molar-refractivity contribution in [3.63, 3.8) is 0 Å². The Hall–Kier alpha value is -2.27. The molecular weight excluding hydrogens is 316 g/mol. The highest BCUT2D eigenvalue weighted by Gasteiger charge is 2.11. The van der Waals surface area contributed by atoms with Crippen molar-refractivity contribution in [3.8, 4) is 11.4 Å². The fourth-order valence-electron chi connectivity index (χ4n) is 2.27. The van der Waals surface area contributed by atoms with Gasteiger partial charge in [-0.15, -0.1) is 10.2 Å². The predicted molar refractivity (Wildman–Crippen MR) is 81.4 cm³/mol. The molecule has 2 aromatic carbocycles. The fourth-order valence-corrected chi connectivity index (χ4v) is 2.53. The quantitative estimate of drug-likeness (QED) is 0.536. The predicted octanol–water partition coefficient (Wildman–Crippen LogP) is 3.71. The van der Waals surface area contributed by atoms with Crippen LogP contribution in [0.1, 0.15) is 0 Å². The molecule has 4 rings (SSSR count). The van der Waals surface area contributed by atoms with E-state index < -0.39 is 0 Å². The minimum absolute atomic E-state index is 0.748. The minimum atomic E-state index is 0.748. The molecule has 0 radical (unpaired) electrons. The van der Waals surface area contributed by atoms with Crippen LogP contribution in [0.5, 0.6) is 0 Å². The van der Waals surface area contributed by atoms with E-state index in [1.165, 1.54) is 0 Å². The third kappa shape index (κ3) is 1.71. The zero-order chi connectivity index (χ0) is 13.5. The Morgan fingerprint density at radius 3 is 2.55 bits per heavy atom. The van der Waals surface area contributed by atoms with Crippen LogP contribution in [-0.2, 0) is 0 Å². The van der Waals surface area contributed by atoms with Gasteiger partial charge in [0.25, 0.3) is 0 Å². The first-order valence-electron chi connectivity index (χ1n) is 6.18. The van der Waals surface area contributed by atoms with E-state index in [2.05, 4.69) is 31.2 Å². The van der Waals surface area contributed by atoms with Crippen molar-refractivity contribution in [1.82, 2.24) is 19.8 Å². The van der Waals surface area contributed by atoms with Crippen molar-refractivity contribution < 1.29 is 0 Å². The van der Waals surface area contributed by atoms with E-state index in [4.69, 9.17) is 0 Å². The highest BCUT2D eigenvalue weighted by Crippen LogP contribution is 2.23. The number of aromatic nitrogens is 4. The lowest BCUT2D eigenvalue weighted by Gasteiger charge is -2.01. The lowest BCUT2D eigenvalue weighted by Crippen LogP contribution is -1.95. The third-order valence-electron chi connectivity index (χ3n) is 3.26. The van der Waals surface area contributed by atoms with Crippen LogP contribution in [0, 0.1) is 0 Å². The first-order valence-corrected chi connectivity index (χ1v) is 6.97. The molecule has 4 nitrogen and oxygen atoms in total. The third-order valence-corrected chi connectivity index (χ3v) is 3.79. The second-order valence-electron chi connectivity index (χ2n) is 4.50. The maximum atomic E-state index is 4.45. The molecule has 4 aromatic rings. The van der Waals surface area contributed by atoms with Crippen molar-refractivity contribution in [2.45, 2.75) is 0 Å². The Kier molecular flexibility index (Phi) is 2.53. The monoisotopic (exact) mass is 324 g/mol. The van der Waals surface area contributed by atoms with Crippen molar-refractivity contribution in [2.24, 2.45) is 0 Å². The van der Waals surface area contributed by atoms with E-state index in [-0.39, 0.29) is 0 Å². The molecule has 96 valence electrons. The maximum absolute atomic E-state index is 4.45. The second-order valence-corrected chi connectivity index (χ2v) is 5.41. The topological polar surface area (TPSA) is 43.1 Å².